The van der Waals surface area contributed by atoms with Crippen LogP contribution in [0, 0.1) is 13.8 Å². The first-order valence-corrected chi connectivity index (χ1v) is 9.33. The van der Waals surface area contributed by atoms with E-state index in [0.717, 1.165) is 42.5 Å². The number of benzene rings is 1. The van der Waals surface area contributed by atoms with Gasteiger partial charge in [0.25, 0.3) is 5.56 Å². The van der Waals surface area contributed by atoms with E-state index in [9.17, 15) is 9.59 Å². The van der Waals surface area contributed by atoms with Crippen molar-refractivity contribution in [3.63, 3.8) is 0 Å². The Balaban J connectivity index is 1.60. The molecule has 1 aliphatic rings. The number of hydrogen-bond acceptors (Lipinski definition) is 4. The number of aryl methyl sites for hydroxylation is 3. The van der Waals surface area contributed by atoms with Crippen LogP contribution in [0.15, 0.2) is 35.1 Å². The second kappa shape index (κ2) is 7.30. The number of aromatic amines is 1. The number of hydrogen-bond donors (Lipinski definition) is 3. The maximum absolute atomic E-state index is 12.4. The van der Waals surface area contributed by atoms with Crippen LogP contribution in [-0.4, -0.2) is 25.8 Å². The largest absolute Gasteiger partial charge is 0.324 e. The molecule has 1 aliphatic carbocycles. The average molecular weight is 378 g/mol. The Bertz CT molecular complexity index is 1080. The number of anilines is 2. The molecule has 2 heterocycles. The number of urea groups is 1. The zero-order valence-corrected chi connectivity index (χ0v) is 15.9. The summed E-state index contributed by atoms with van der Waals surface area (Å²) in [4.78, 5) is 32.2. The summed E-state index contributed by atoms with van der Waals surface area (Å²) in [6, 6.07) is 8.84. The van der Waals surface area contributed by atoms with Gasteiger partial charge in [0.05, 0.1) is 11.4 Å². The van der Waals surface area contributed by atoms with E-state index in [0.29, 0.717) is 23.1 Å². The molecule has 144 valence electrons. The Labute approximate surface area is 162 Å². The summed E-state index contributed by atoms with van der Waals surface area (Å²) in [6.45, 7) is 3.80. The molecule has 3 aromatic rings. The topological polar surface area (TPSA) is 105 Å². The van der Waals surface area contributed by atoms with Gasteiger partial charge in [-0.05, 0) is 51.7 Å². The Kier molecular flexibility index (Phi) is 4.68. The zero-order chi connectivity index (χ0) is 19.7. The standard InChI is InChI=1S/C20H22N6O2/c1-12-7-9-14(10-8-12)21-20(28)23-17-11-13(2)25-26(17)19-22-16-6-4-3-5-15(16)18(27)24-19/h7-11H,3-6H2,1-2H3,(H2,21,23,28)(H,22,24,27). The van der Waals surface area contributed by atoms with Crippen LogP contribution in [0.3, 0.4) is 0 Å². The Morgan fingerprint density at radius 1 is 1.11 bits per heavy atom. The number of fused-ring (bicyclic) bond motifs is 1. The summed E-state index contributed by atoms with van der Waals surface area (Å²) in [6.07, 6.45) is 3.55. The van der Waals surface area contributed by atoms with E-state index in [2.05, 4.69) is 25.7 Å². The number of aromatic nitrogens is 4. The molecule has 2 amide bonds. The van der Waals surface area contributed by atoms with E-state index in [1.54, 1.807) is 6.07 Å². The predicted octanol–water partition coefficient (Wildman–Crippen LogP) is 3.10. The number of nitrogens with one attached hydrogen (secondary N) is 3. The molecule has 0 saturated carbocycles. The fourth-order valence-corrected chi connectivity index (χ4v) is 3.36. The Morgan fingerprint density at radius 3 is 2.64 bits per heavy atom. The molecule has 2 aromatic heterocycles. The number of nitrogens with zero attached hydrogens (tertiary/aromatic N) is 3. The van der Waals surface area contributed by atoms with Gasteiger partial charge in [0.15, 0.2) is 0 Å². The molecule has 0 bridgehead atoms. The molecule has 0 fully saturated rings. The lowest BCUT2D eigenvalue weighted by molar-refractivity contribution is 0.262. The number of H-pyrrole nitrogens is 1. The van der Waals surface area contributed by atoms with Crippen molar-refractivity contribution in [3.8, 4) is 5.95 Å². The van der Waals surface area contributed by atoms with E-state index >= 15 is 0 Å². The second-order valence-electron chi connectivity index (χ2n) is 7.05. The molecule has 0 unspecified atom stereocenters. The third kappa shape index (κ3) is 3.66. The third-order valence-corrected chi connectivity index (χ3v) is 4.76. The van der Waals surface area contributed by atoms with Crippen LogP contribution < -0.4 is 16.2 Å². The third-order valence-electron chi connectivity index (χ3n) is 4.76. The molecule has 1 aromatic carbocycles. The summed E-state index contributed by atoms with van der Waals surface area (Å²) < 4.78 is 1.46. The lowest BCUT2D eigenvalue weighted by Crippen LogP contribution is -2.25. The van der Waals surface area contributed by atoms with Crippen molar-refractivity contribution < 1.29 is 4.79 Å². The highest BCUT2D eigenvalue weighted by atomic mass is 16.2. The number of carbonyl (C=O) groups is 1. The van der Waals surface area contributed by atoms with Crippen molar-refractivity contribution in [1.29, 1.82) is 0 Å². The molecule has 0 spiro atoms. The number of rotatable bonds is 3. The van der Waals surface area contributed by atoms with Crippen LogP contribution in [0.4, 0.5) is 16.3 Å². The minimum atomic E-state index is -0.398. The highest BCUT2D eigenvalue weighted by Gasteiger charge is 2.18. The summed E-state index contributed by atoms with van der Waals surface area (Å²) in [5, 5.41) is 9.95. The molecule has 8 nitrogen and oxygen atoms in total. The van der Waals surface area contributed by atoms with Gasteiger partial charge in [-0.15, -0.1) is 0 Å². The summed E-state index contributed by atoms with van der Waals surface area (Å²) in [5.74, 6) is 0.741. The monoisotopic (exact) mass is 378 g/mol. The fourth-order valence-electron chi connectivity index (χ4n) is 3.36. The van der Waals surface area contributed by atoms with Gasteiger partial charge < -0.3 is 5.32 Å². The van der Waals surface area contributed by atoms with Crippen molar-refractivity contribution in [1.82, 2.24) is 19.7 Å². The minimum absolute atomic E-state index is 0.136. The average Bonchev–Trinajstić information content (AvgIpc) is 3.03. The predicted molar refractivity (Wildman–Crippen MR) is 107 cm³/mol. The van der Waals surface area contributed by atoms with Gasteiger partial charge in [0.1, 0.15) is 5.82 Å². The van der Waals surface area contributed by atoms with E-state index in [-0.39, 0.29) is 5.56 Å². The van der Waals surface area contributed by atoms with Crippen molar-refractivity contribution >= 4 is 17.5 Å². The van der Waals surface area contributed by atoms with Gasteiger partial charge in [-0.2, -0.15) is 9.78 Å². The SMILES string of the molecule is Cc1ccc(NC(=O)Nc2cc(C)nn2-c2nc3c(c(=O)[nH]2)CCCC3)cc1. The van der Waals surface area contributed by atoms with E-state index in [1.165, 1.54) is 4.68 Å². The normalized spacial score (nSPS) is 13.1. The van der Waals surface area contributed by atoms with Gasteiger partial charge >= 0.3 is 6.03 Å². The first kappa shape index (κ1) is 18.0. The molecule has 0 atom stereocenters. The quantitative estimate of drug-likeness (QED) is 0.651. The molecule has 0 saturated heterocycles. The first-order valence-electron chi connectivity index (χ1n) is 9.33. The second-order valence-corrected chi connectivity index (χ2v) is 7.05. The van der Waals surface area contributed by atoms with Crippen LogP contribution in [-0.2, 0) is 12.8 Å². The Hall–Kier alpha value is -3.42. The van der Waals surface area contributed by atoms with Gasteiger partial charge in [0.2, 0.25) is 5.95 Å². The van der Waals surface area contributed by atoms with Crippen molar-refractivity contribution in [2.45, 2.75) is 39.5 Å². The maximum atomic E-state index is 12.4. The molecule has 4 rings (SSSR count). The first-order chi connectivity index (χ1) is 13.5. The highest BCUT2D eigenvalue weighted by Crippen LogP contribution is 2.19. The summed E-state index contributed by atoms with van der Waals surface area (Å²) in [7, 11) is 0. The zero-order valence-electron chi connectivity index (χ0n) is 15.9. The highest BCUT2D eigenvalue weighted by molar-refractivity contribution is 5.99. The maximum Gasteiger partial charge on any atom is 0.324 e. The van der Waals surface area contributed by atoms with Crippen LogP contribution in [0.25, 0.3) is 5.95 Å². The van der Waals surface area contributed by atoms with E-state index in [1.807, 2.05) is 38.1 Å². The molecular formula is C20H22N6O2. The van der Waals surface area contributed by atoms with Crippen molar-refractivity contribution in [2.75, 3.05) is 10.6 Å². The minimum Gasteiger partial charge on any atom is -0.308 e. The van der Waals surface area contributed by atoms with Crippen molar-refractivity contribution in [2.24, 2.45) is 0 Å². The Morgan fingerprint density at radius 2 is 1.86 bits per heavy atom. The van der Waals surface area contributed by atoms with Crippen LogP contribution in [0.5, 0.6) is 0 Å². The molecular weight excluding hydrogens is 356 g/mol. The molecule has 0 aliphatic heterocycles. The summed E-state index contributed by atoms with van der Waals surface area (Å²) >= 11 is 0. The van der Waals surface area contributed by atoms with Crippen LogP contribution in [0.1, 0.15) is 35.4 Å². The van der Waals surface area contributed by atoms with E-state index in [4.69, 9.17) is 0 Å². The van der Waals surface area contributed by atoms with Gasteiger partial charge in [-0.3, -0.25) is 15.1 Å². The molecule has 0 radical (unpaired) electrons. The smallest absolute Gasteiger partial charge is 0.308 e. The summed E-state index contributed by atoms with van der Waals surface area (Å²) in [5.41, 5.74) is 3.93. The van der Waals surface area contributed by atoms with Crippen molar-refractivity contribution in [3.05, 3.63) is 63.2 Å². The molecule has 8 heteroatoms. The fraction of sp³-hybridized carbons (Fsp3) is 0.300. The van der Waals surface area contributed by atoms with Gasteiger partial charge in [-0.25, -0.2) is 9.78 Å². The lowest BCUT2D eigenvalue weighted by Gasteiger charge is -2.15. The number of carbonyl (C=O) groups excluding carboxylic acids is 1. The van der Waals surface area contributed by atoms with Gasteiger partial charge in [-0.1, -0.05) is 17.7 Å². The van der Waals surface area contributed by atoms with Gasteiger partial charge in [0, 0.05) is 17.3 Å². The van der Waals surface area contributed by atoms with Crippen LogP contribution >= 0.6 is 0 Å². The molecule has 28 heavy (non-hydrogen) atoms. The number of amides is 2. The lowest BCUT2D eigenvalue weighted by atomic mass is 9.97. The molecule has 3 N–H and O–H groups in total. The van der Waals surface area contributed by atoms with E-state index < -0.39 is 6.03 Å². The van der Waals surface area contributed by atoms with Crippen LogP contribution in [0.2, 0.25) is 0 Å².